The van der Waals surface area contributed by atoms with E-state index in [0.29, 0.717) is 5.56 Å². The maximum Gasteiger partial charge on any atom is 0.399 e. The molecule has 0 aliphatic carbocycles. The highest BCUT2D eigenvalue weighted by atomic mass is 79.9. The smallest absolute Gasteiger partial charge is 0.352 e. The normalized spacial score (nSPS) is 12.3. The molecule has 1 rings (SSSR count). The molecule has 0 atom stereocenters. The molecule has 0 saturated heterocycles. The minimum Gasteiger partial charge on any atom is -0.352 e. The number of alkyl halides is 2. The van der Waals surface area contributed by atoms with Gasteiger partial charge < -0.3 is 15.1 Å². The number of hydrogen-bond donors (Lipinski definition) is 3. The van der Waals surface area contributed by atoms with Gasteiger partial charge in [-0.3, -0.25) is 9.36 Å². The number of hydrogen-bond acceptors (Lipinski definition) is 2. The second-order valence-electron chi connectivity index (χ2n) is 3.81. The topological polar surface area (TPSA) is 86.6 Å². The standard InChI is InChI=1S/C10H11BrF2NO4P/c1-6(15)14-5-7-2-3-8(9(11)4-7)10(12,13)19(16,17)18/h2-4H,5H2,1H3,(H,14,15)(H2,16,17,18). The maximum atomic E-state index is 13.5. The second-order valence-corrected chi connectivity index (χ2v) is 6.31. The van der Waals surface area contributed by atoms with Gasteiger partial charge in [-0.05, 0) is 11.6 Å². The van der Waals surface area contributed by atoms with Crippen LogP contribution in [0.15, 0.2) is 22.7 Å². The first-order chi connectivity index (χ1) is 8.55. The molecular formula is C10H11BrF2NO4P. The fourth-order valence-corrected chi connectivity index (χ4v) is 2.63. The van der Waals surface area contributed by atoms with Crippen LogP contribution in [0.4, 0.5) is 8.78 Å². The quantitative estimate of drug-likeness (QED) is 0.721. The van der Waals surface area contributed by atoms with Crippen LogP contribution in [0.2, 0.25) is 0 Å². The Morgan fingerprint density at radius 3 is 2.47 bits per heavy atom. The monoisotopic (exact) mass is 357 g/mol. The molecule has 106 valence electrons. The molecule has 1 amide bonds. The van der Waals surface area contributed by atoms with Gasteiger partial charge in [0.25, 0.3) is 0 Å². The van der Waals surface area contributed by atoms with Gasteiger partial charge in [0.2, 0.25) is 5.91 Å². The van der Waals surface area contributed by atoms with Crippen LogP contribution >= 0.6 is 23.5 Å². The molecule has 1 aromatic rings. The average Bonchev–Trinajstić information content (AvgIpc) is 2.24. The second kappa shape index (κ2) is 5.66. The van der Waals surface area contributed by atoms with Crippen molar-refractivity contribution < 1.29 is 27.9 Å². The van der Waals surface area contributed by atoms with Crippen LogP contribution in [0, 0.1) is 0 Å². The van der Waals surface area contributed by atoms with Crippen LogP contribution in [0.5, 0.6) is 0 Å². The molecular weight excluding hydrogens is 347 g/mol. The van der Waals surface area contributed by atoms with Gasteiger partial charge in [-0.1, -0.05) is 28.1 Å². The van der Waals surface area contributed by atoms with Gasteiger partial charge in [0.1, 0.15) is 0 Å². The van der Waals surface area contributed by atoms with Crippen molar-refractivity contribution in [3.8, 4) is 0 Å². The predicted octanol–water partition coefficient (Wildman–Crippen LogP) is 2.31. The van der Waals surface area contributed by atoms with E-state index in [2.05, 4.69) is 21.2 Å². The first-order valence-electron chi connectivity index (χ1n) is 5.02. The molecule has 19 heavy (non-hydrogen) atoms. The highest BCUT2D eigenvalue weighted by Gasteiger charge is 2.51. The fourth-order valence-electron chi connectivity index (χ4n) is 1.30. The minimum atomic E-state index is -5.60. The maximum absolute atomic E-state index is 13.5. The number of halogens is 3. The third-order valence-electron chi connectivity index (χ3n) is 2.26. The van der Waals surface area contributed by atoms with E-state index in [9.17, 15) is 18.1 Å². The van der Waals surface area contributed by atoms with Crippen molar-refractivity contribution >= 4 is 29.4 Å². The first kappa shape index (κ1) is 16.2. The number of amides is 1. The SMILES string of the molecule is CC(=O)NCc1ccc(C(F)(F)P(=O)(O)O)c(Br)c1. The Kier molecular flexibility index (Phi) is 4.84. The van der Waals surface area contributed by atoms with Crippen molar-refractivity contribution in [3.63, 3.8) is 0 Å². The van der Waals surface area contributed by atoms with Gasteiger partial charge in [0, 0.05) is 23.5 Å². The molecule has 0 bridgehead atoms. The summed E-state index contributed by atoms with van der Waals surface area (Å²) in [6.07, 6.45) is 0. The van der Waals surface area contributed by atoms with Crippen molar-refractivity contribution in [2.75, 3.05) is 0 Å². The van der Waals surface area contributed by atoms with Gasteiger partial charge in [0.15, 0.2) is 0 Å². The molecule has 3 N–H and O–H groups in total. The number of rotatable bonds is 4. The summed E-state index contributed by atoms with van der Waals surface area (Å²) in [6, 6.07) is 3.45. The lowest BCUT2D eigenvalue weighted by atomic mass is 10.1. The summed E-state index contributed by atoms with van der Waals surface area (Å²) in [5.74, 6) is -0.277. The Balaban J connectivity index is 3.08. The number of carbonyl (C=O) groups is 1. The van der Waals surface area contributed by atoms with E-state index in [0.717, 1.165) is 6.07 Å². The summed E-state index contributed by atoms with van der Waals surface area (Å²) in [5.41, 5.74) is -4.54. The zero-order valence-corrected chi connectivity index (χ0v) is 12.2. The first-order valence-corrected chi connectivity index (χ1v) is 7.43. The van der Waals surface area contributed by atoms with Crippen LogP contribution in [-0.4, -0.2) is 15.7 Å². The molecule has 0 fully saturated rings. The number of carbonyl (C=O) groups excluding carboxylic acids is 1. The van der Waals surface area contributed by atoms with Gasteiger partial charge in [-0.15, -0.1) is 0 Å². The molecule has 0 aromatic heterocycles. The van der Waals surface area contributed by atoms with E-state index in [1.165, 1.54) is 19.1 Å². The van der Waals surface area contributed by atoms with Crippen molar-refractivity contribution in [2.45, 2.75) is 19.1 Å². The van der Waals surface area contributed by atoms with E-state index in [1.54, 1.807) is 0 Å². The van der Waals surface area contributed by atoms with Crippen LogP contribution in [0.3, 0.4) is 0 Å². The van der Waals surface area contributed by atoms with Crippen molar-refractivity contribution in [3.05, 3.63) is 33.8 Å². The van der Waals surface area contributed by atoms with E-state index >= 15 is 0 Å². The zero-order chi connectivity index (χ0) is 14.8. The van der Waals surface area contributed by atoms with Crippen molar-refractivity contribution in [2.24, 2.45) is 0 Å². The molecule has 5 nitrogen and oxygen atoms in total. The average molecular weight is 358 g/mol. The Morgan fingerprint density at radius 2 is 2.05 bits per heavy atom. The number of benzene rings is 1. The Hall–Kier alpha value is -0.820. The highest BCUT2D eigenvalue weighted by Crippen LogP contribution is 2.60. The summed E-state index contributed by atoms with van der Waals surface area (Å²) in [6.45, 7) is 1.45. The molecule has 0 radical (unpaired) electrons. The van der Waals surface area contributed by atoms with E-state index in [-0.39, 0.29) is 16.9 Å². The summed E-state index contributed by atoms with van der Waals surface area (Å²) in [5, 5.41) is 2.48. The lowest BCUT2D eigenvalue weighted by molar-refractivity contribution is -0.119. The molecule has 0 unspecified atom stereocenters. The van der Waals surface area contributed by atoms with Crippen LogP contribution < -0.4 is 5.32 Å². The molecule has 0 spiro atoms. The summed E-state index contributed by atoms with van der Waals surface area (Å²) in [7, 11) is -5.60. The lowest BCUT2D eigenvalue weighted by Crippen LogP contribution is -2.19. The highest BCUT2D eigenvalue weighted by molar-refractivity contribution is 9.10. The minimum absolute atomic E-state index is 0.135. The largest absolute Gasteiger partial charge is 0.399 e. The number of nitrogens with one attached hydrogen (secondary N) is 1. The Bertz CT molecular complexity index is 546. The lowest BCUT2D eigenvalue weighted by Gasteiger charge is -2.19. The van der Waals surface area contributed by atoms with E-state index in [1.807, 2.05) is 0 Å². The molecule has 0 saturated carbocycles. The van der Waals surface area contributed by atoms with Crippen molar-refractivity contribution in [1.82, 2.24) is 5.32 Å². The van der Waals surface area contributed by atoms with Gasteiger partial charge in [-0.25, -0.2) is 0 Å². The van der Waals surface area contributed by atoms with Crippen LogP contribution in [0.25, 0.3) is 0 Å². The Labute approximate surface area is 116 Å². The summed E-state index contributed by atoms with van der Waals surface area (Å²) < 4.78 is 37.6. The van der Waals surface area contributed by atoms with Crippen molar-refractivity contribution in [1.29, 1.82) is 0 Å². The Morgan fingerprint density at radius 1 is 1.47 bits per heavy atom. The summed E-state index contributed by atoms with van der Waals surface area (Å²) in [4.78, 5) is 28.0. The summed E-state index contributed by atoms with van der Waals surface area (Å²) >= 11 is 2.85. The zero-order valence-electron chi connectivity index (χ0n) is 9.73. The predicted molar refractivity (Wildman–Crippen MR) is 67.6 cm³/mol. The van der Waals surface area contributed by atoms with Gasteiger partial charge >= 0.3 is 13.3 Å². The third kappa shape index (κ3) is 3.82. The molecule has 9 heteroatoms. The molecule has 0 aliphatic heterocycles. The van der Waals surface area contributed by atoms with Crippen LogP contribution in [-0.2, 0) is 21.6 Å². The molecule has 0 heterocycles. The molecule has 0 aliphatic rings. The van der Waals surface area contributed by atoms with Gasteiger partial charge in [-0.2, -0.15) is 8.78 Å². The van der Waals surface area contributed by atoms with Crippen LogP contribution in [0.1, 0.15) is 18.1 Å². The molecule has 1 aromatic carbocycles. The third-order valence-corrected chi connectivity index (χ3v) is 3.89. The van der Waals surface area contributed by atoms with E-state index < -0.39 is 18.8 Å². The van der Waals surface area contributed by atoms with Gasteiger partial charge in [0.05, 0.1) is 0 Å². The fraction of sp³-hybridized carbons (Fsp3) is 0.300. The van der Waals surface area contributed by atoms with E-state index in [4.69, 9.17) is 9.79 Å².